The number of nitrogens with one attached hydrogen (secondary N) is 1. The molecule has 6 heteroatoms. The minimum absolute atomic E-state index is 0.148. The van der Waals surface area contributed by atoms with E-state index in [1.165, 1.54) is 51.4 Å². The number of halogens is 1. The van der Waals surface area contributed by atoms with Gasteiger partial charge in [-0.25, -0.2) is 4.39 Å². The minimum Gasteiger partial charge on any atom is -0.486 e. The van der Waals surface area contributed by atoms with Crippen molar-refractivity contribution in [2.75, 3.05) is 46.3 Å². The third-order valence-corrected chi connectivity index (χ3v) is 5.47. The molecule has 0 aromatic heterocycles. The molecule has 2 fully saturated rings. The van der Waals surface area contributed by atoms with Crippen molar-refractivity contribution in [2.45, 2.75) is 38.7 Å². The van der Waals surface area contributed by atoms with Crippen molar-refractivity contribution < 1.29 is 9.13 Å². The van der Waals surface area contributed by atoms with Crippen LogP contribution in [0.4, 0.5) is 4.39 Å². The van der Waals surface area contributed by atoms with E-state index in [0.29, 0.717) is 18.2 Å². The first-order chi connectivity index (χ1) is 13.2. The van der Waals surface area contributed by atoms with Gasteiger partial charge < -0.3 is 19.9 Å². The summed E-state index contributed by atoms with van der Waals surface area (Å²) in [6.07, 6.45) is 5.15. The fraction of sp³-hybridized carbons (Fsp3) is 0.667. The van der Waals surface area contributed by atoms with Crippen molar-refractivity contribution in [1.29, 1.82) is 0 Å². The zero-order valence-electron chi connectivity index (χ0n) is 16.7. The van der Waals surface area contributed by atoms with Crippen LogP contribution in [-0.2, 0) is 0 Å². The maximum absolute atomic E-state index is 13.7. The summed E-state index contributed by atoms with van der Waals surface area (Å²) < 4.78 is 19.4. The molecule has 1 aromatic rings. The number of ether oxygens (including phenoxy) is 1. The summed E-state index contributed by atoms with van der Waals surface area (Å²) in [6.45, 7) is 8.35. The molecule has 0 aliphatic carbocycles. The second kappa shape index (κ2) is 9.93. The van der Waals surface area contributed by atoms with Crippen LogP contribution in [0.2, 0.25) is 0 Å². The fourth-order valence-electron chi connectivity index (χ4n) is 4.05. The van der Waals surface area contributed by atoms with Gasteiger partial charge in [0.25, 0.3) is 0 Å². The molecule has 3 rings (SSSR count). The molecule has 0 spiro atoms. The van der Waals surface area contributed by atoms with E-state index >= 15 is 0 Å². The normalized spacial score (nSPS) is 22.7. The van der Waals surface area contributed by atoms with Gasteiger partial charge in [0.1, 0.15) is 6.10 Å². The molecule has 2 aliphatic rings. The average molecular weight is 377 g/mol. The van der Waals surface area contributed by atoms with Gasteiger partial charge in [0.15, 0.2) is 17.5 Å². The second-order valence-corrected chi connectivity index (χ2v) is 7.75. The van der Waals surface area contributed by atoms with Gasteiger partial charge in [-0.2, -0.15) is 0 Å². The highest BCUT2D eigenvalue weighted by Gasteiger charge is 2.27. The van der Waals surface area contributed by atoms with Gasteiger partial charge in [-0.15, -0.1) is 0 Å². The van der Waals surface area contributed by atoms with Crippen LogP contribution < -0.4 is 10.1 Å². The number of guanidine groups is 1. The van der Waals surface area contributed by atoms with Crippen molar-refractivity contribution in [2.24, 2.45) is 10.9 Å². The van der Waals surface area contributed by atoms with Crippen molar-refractivity contribution in [3.05, 3.63) is 30.1 Å². The number of likely N-dealkylation sites (tertiary alicyclic amines) is 2. The lowest BCUT2D eigenvalue weighted by atomic mass is 10.1. The van der Waals surface area contributed by atoms with E-state index in [-0.39, 0.29) is 11.9 Å². The third-order valence-electron chi connectivity index (χ3n) is 5.47. The summed E-state index contributed by atoms with van der Waals surface area (Å²) in [6, 6.07) is 6.53. The number of para-hydroxylation sites is 1. The van der Waals surface area contributed by atoms with Gasteiger partial charge >= 0.3 is 0 Å². The molecule has 2 aliphatic heterocycles. The first-order valence-corrected chi connectivity index (χ1v) is 10.2. The van der Waals surface area contributed by atoms with Crippen LogP contribution in [0.15, 0.2) is 29.3 Å². The van der Waals surface area contributed by atoms with E-state index < -0.39 is 0 Å². The molecule has 0 radical (unpaired) electrons. The number of benzene rings is 1. The van der Waals surface area contributed by atoms with E-state index in [1.807, 2.05) is 14.0 Å². The maximum atomic E-state index is 13.7. The zero-order chi connectivity index (χ0) is 19.1. The summed E-state index contributed by atoms with van der Waals surface area (Å²) in [5, 5.41) is 3.39. The average Bonchev–Trinajstić information content (AvgIpc) is 3.13. The molecule has 5 nitrogen and oxygen atoms in total. The number of piperidine rings is 1. The van der Waals surface area contributed by atoms with E-state index in [4.69, 9.17) is 4.74 Å². The van der Waals surface area contributed by atoms with E-state index in [2.05, 4.69) is 20.1 Å². The van der Waals surface area contributed by atoms with E-state index in [9.17, 15) is 4.39 Å². The molecule has 0 bridgehead atoms. The molecule has 150 valence electrons. The van der Waals surface area contributed by atoms with Crippen molar-refractivity contribution in [3.63, 3.8) is 0 Å². The molecule has 1 N–H and O–H groups in total. The van der Waals surface area contributed by atoms with Gasteiger partial charge in [-0.1, -0.05) is 18.6 Å². The topological polar surface area (TPSA) is 40.1 Å². The third kappa shape index (κ3) is 5.83. The van der Waals surface area contributed by atoms with Crippen LogP contribution in [-0.4, -0.2) is 68.2 Å². The zero-order valence-corrected chi connectivity index (χ0v) is 16.7. The Kier molecular flexibility index (Phi) is 7.33. The van der Waals surface area contributed by atoms with Gasteiger partial charge in [0.2, 0.25) is 0 Å². The van der Waals surface area contributed by atoms with Crippen LogP contribution in [0, 0.1) is 11.7 Å². The fourth-order valence-corrected chi connectivity index (χ4v) is 4.05. The first-order valence-electron chi connectivity index (χ1n) is 10.2. The smallest absolute Gasteiger partial charge is 0.193 e. The first kappa shape index (κ1) is 19.9. The molecule has 0 amide bonds. The predicted molar refractivity (Wildman–Crippen MR) is 108 cm³/mol. The van der Waals surface area contributed by atoms with Crippen molar-refractivity contribution >= 4 is 5.96 Å². The van der Waals surface area contributed by atoms with Gasteiger partial charge in [-0.05, 0) is 57.3 Å². The van der Waals surface area contributed by atoms with Crippen LogP contribution in [0.5, 0.6) is 5.75 Å². The molecule has 1 aromatic carbocycles. The molecule has 2 atom stereocenters. The Morgan fingerprint density at radius 1 is 1.26 bits per heavy atom. The Morgan fingerprint density at radius 3 is 2.78 bits per heavy atom. The highest BCUT2D eigenvalue weighted by molar-refractivity contribution is 5.80. The summed E-state index contributed by atoms with van der Waals surface area (Å²) in [5.41, 5.74) is 0. The molecule has 2 unspecified atom stereocenters. The quantitative estimate of drug-likeness (QED) is 0.612. The van der Waals surface area contributed by atoms with Crippen LogP contribution in [0.1, 0.15) is 32.6 Å². The van der Waals surface area contributed by atoms with E-state index in [1.54, 1.807) is 18.2 Å². The summed E-state index contributed by atoms with van der Waals surface area (Å²) >= 11 is 0. The van der Waals surface area contributed by atoms with Crippen LogP contribution in [0.25, 0.3) is 0 Å². The SMILES string of the molecule is CN=C(NCC(C)Oc1ccccc1F)N1CCC(CN2CCCCC2)C1. The monoisotopic (exact) mass is 376 g/mol. The molecular weight excluding hydrogens is 343 g/mol. The molecule has 2 heterocycles. The van der Waals surface area contributed by atoms with Gasteiger partial charge in [-0.3, -0.25) is 4.99 Å². The molecule has 27 heavy (non-hydrogen) atoms. The minimum atomic E-state index is -0.325. The number of hydrogen-bond acceptors (Lipinski definition) is 3. The number of hydrogen-bond donors (Lipinski definition) is 1. The lowest BCUT2D eigenvalue weighted by Crippen LogP contribution is -2.44. The Morgan fingerprint density at radius 2 is 2.04 bits per heavy atom. The van der Waals surface area contributed by atoms with Gasteiger partial charge in [0.05, 0.1) is 6.54 Å². The predicted octanol–water partition coefficient (Wildman–Crippen LogP) is 2.98. The standard InChI is InChI=1S/C21H33FN4O/c1-17(27-20-9-5-4-8-19(20)22)14-24-21(23-2)26-13-10-18(16-26)15-25-11-6-3-7-12-25/h4-5,8-9,17-18H,3,6-7,10-16H2,1-2H3,(H,23,24). The largest absolute Gasteiger partial charge is 0.486 e. The number of rotatable bonds is 6. The Labute approximate surface area is 162 Å². The second-order valence-electron chi connectivity index (χ2n) is 7.75. The van der Waals surface area contributed by atoms with Gasteiger partial charge in [0, 0.05) is 26.7 Å². The lowest BCUT2D eigenvalue weighted by molar-refractivity contribution is 0.197. The number of nitrogens with zero attached hydrogens (tertiary/aromatic N) is 3. The molecule has 0 saturated carbocycles. The Hall–Kier alpha value is -1.82. The molecular formula is C21H33FN4O. The van der Waals surface area contributed by atoms with Crippen LogP contribution >= 0.6 is 0 Å². The van der Waals surface area contributed by atoms with Crippen molar-refractivity contribution in [3.8, 4) is 5.75 Å². The lowest BCUT2D eigenvalue weighted by Gasteiger charge is -2.29. The summed E-state index contributed by atoms with van der Waals surface area (Å²) in [5.74, 6) is 1.60. The van der Waals surface area contributed by atoms with Crippen LogP contribution in [0.3, 0.4) is 0 Å². The number of aliphatic imine (C=N–C) groups is 1. The Balaban J connectivity index is 1.43. The summed E-state index contributed by atoms with van der Waals surface area (Å²) in [7, 11) is 1.82. The highest BCUT2D eigenvalue weighted by atomic mass is 19.1. The van der Waals surface area contributed by atoms with E-state index in [0.717, 1.165) is 19.0 Å². The molecule has 2 saturated heterocycles. The highest BCUT2D eigenvalue weighted by Crippen LogP contribution is 2.20. The summed E-state index contributed by atoms with van der Waals surface area (Å²) in [4.78, 5) is 9.40. The van der Waals surface area contributed by atoms with Crippen molar-refractivity contribution in [1.82, 2.24) is 15.1 Å². The maximum Gasteiger partial charge on any atom is 0.193 e. The Bertz CT molecular complexity index is 618.